The fourth-order valence-electron chi connectivity index (χ4n) is 3.72. The molecule has 140 valence electrons. The molecule has 27 heavy (non-hydrogen) atoms. The maximum Gasteiger partial charge on any atom is 0.154 e. The van der Waals surface area contributed by atoms with Crippen LogP contribution in [0.3, 0.4) is 0 Å². The van der Waals surface area contributed by atoms with Gasteiger partial charge in [0.05, 0.1) is 18.8 Å². The number of methoxy groups -OCH3 is 1. The average molecular weight is 363 g/mol. The number of ether oxygens (including phenoxy) is 1. The van der Waals surface area contributed by atoms with Crippen LogP contribution in [-0.2, 0) is 6.54 Å². The van der Waals surface area contributed by atoms with E-state index < -0.39 is 0 Å². The van der Waals surface area contributed by atoms with Gasteiger partial charge in [0.25, 0.3) is 0 Å². The molecule has 0 unspecified atom stereocenters. The van der Waals surface area contributed by atoms with Gasteiger partial charge in [-0.2, -0.15) is 0 Å². The summed E-state index contributed by atoms with van der Waals surface area (Å²) in [4.78, 5) is 6.98. The van der Waals surface area contributed by atoms with Crippen molar-refractivity contribution in [3.8, 4) is 17.0 Å². The lowest BCUT2D eigenvalue weighted by molar-refractivity contribution is 0.158. The van der Waals surface area contributed by atoms with Crippen molar-refractivity contribution in [1.29, 1.82) is 0 Å². The molecule has 0 radical (unpaired) electrons. The molecule has 0 bridgehead atoms. The highest BCUT2D eigenvalue weighted by atomic mass is 16.5. The number of benzene rings is 1. The third-order valence-electron chi connectivity index (χ3n) is 5.20. The maximum atomic E-state index is 5.80. The fraction of sp³-hybridized carbons (Fsp3) is 0.364. The van der Waals surface area contributed by atoms with Gasteiger partial charge in [-0.25, -0.2) is 0 Å². The molecule has 0 amide bonds. The van der Waals surface area contributed by atoms with E-state index >= 15 is 0 Å². The summed E-state index contributed by atoms with van der Waals surface area (Å²) in [6.45, 7) is 1.89. The van der Waals surface area contributed by atoms with Gasteiger partial charge in [-0.3, -0.25) is 9.88 Å². The molecule has 1 atom stereocenters. The van der Waals surface area contributed by atoms with Crippen molar-refractivity contribution in [3.63, 3.8) is 0 Å². The summed E-state index contributed by atoms with van der Waals surface area (Å²) in [5.74, 6) is 1.78. The van der Waals surface area contributed by atoms with Gasteiger partial charge in [0.15, 0.2) is 5.76 Å². The molecule has 1 aromatic carbocycles. The van der Waals surface area contributed by atoms with Crippen LogP contribution in [0.2, 0.25) is 0 Å². The lowest BCUT2D eigenvalue weighted by Crippen LogP contribution is -2.28. The summed E-state index contributed by atoms with van der Waals surface area (Å²) in [7, 11) is 1.67. The Balaban J connectivity index is 1.56. The number of rotatable bonds is 5. The van der Waals surface area contributed by atoms with Gasteiger partial charge in [0.1, 0.15) is 11.4 Å². The molecule has 2 aromatic heterocycles. The van der Waals surface area contributed by atoms with Crippen molar-refractivity contribution in [1.82, 2.24) is 15.0 Å². The van der Waals surface area contributed by atoms with E-state index in [9.17, 15) is 0 Å². The summed E-state index contributed by atoms with van der Waals surface area (Å²) in [5.41, 5.74) is 3.00. The molecule has 3 aromatic rings. The standard InChI is InChI=1S/C22H25N3O2/c1-26-19-11-9-17(10-12-19)20-15-22(27-24-20)21-8-3-2-6-14-25(21)16-18-7-4-5-13-23-18/h4-5,7,9-13,15,21H,2-3,6,8,14,16H2,1H3/t21-/m1/s1. The third kappa shape index (κ3) is 4.19. The predicted molar refractivity (Wildman–Crippen MR) is 104 cm³/mol. The van der Waals surface area contributed by atoms with Crippen LogP contribution in [-0.4, -0.2) is 28.7 Å². The third-order valence-corrected chi connectivity index (χ3v) is 5.20. The van der Waals surface area contributed by atoms with Crippen molar-refractivity contribution in [3.05, 3.63) is 66.2 Å². The molecular weight excluding hydrogens is 338 g/mol. The maximum absolute atomic E-state index is 5.80. The van der Waals surface area contributed by atoms with Crippen LogP contribution in [0.25, 0.3) is 11.3 Å². The van der Waals surface area contributed by atoms with E-state index in [4.69, 9.17) is 9.26 Å². The molecule has 0 aliphatic carbocycles. The summed E-state index contributed by atoms with van der Waals surface area (Å²) < 4.78 is 11.0. The molecule has 3 heterocycles. The van der Waals surface area contributed by atoms with Crippen LogP contribution in [0.4, 0.5) is 0 Å². The zero-order chi connectivity index (χ0) is 18.5. The summed E-state index contributed by atoms with van der Waals surface area (Å²) in [6, 6.07) is 16.3. The van der Waals surface area contributed by atoms with E-state index in [1.807, 2.05) is 42.6 Å². The van der Waals surface area contributed by atoms with E-state index in [2.05, 4.69) is 27.2 Å². The van der Waals surface area contributed by atoms with Crippen LogP contribution >= 0.6 is 0 Å². The zero-order valence-electron chi connectivity index (χ0n) is 15.7. The second kappa shape index (κ2) is 8.35. The van der Waals surface area contributed by atoms with E-state index in [1.165, 1.54) is 19.3 Å². The van der Waals surface area contributed by atoms with Gasteiger partial charge in [0.2, 0.25) is 0 Å². The van der Waals surface area contributed by atoms with Gasteiger partial charge in [-0.05, 0) is 55.8 Å². The highest BCUT2D eigenvalue weighted by molar-refractivity contribution is 5.60. The first-order chi connectivity index (χ1) is 13.3. The van der Waals surface area contributed by atoms with Crippen LogP contribution < -0.4 is 4.74 Å². The number of aromatic nitrogens is 2. The average Bonchev–Trinajstić information content (AvgIpc) is 3.10. The lowest BCUT2D eigenvalue weighted by Gasteiger charge is -2.27. The molecule has 1 aliphatic heterocycles. The molecular formula is C22H25N3O2. The summed E-state index contributed by atoms with van der Waals surface area (Å²) in [6.07, 6.45) is 6.63. The van der Waals surface area contributed by atoms with Crippen LogP contribution in [0, 0.1) is 0 Å². The Hall–Kier alpha value is -2.66. The minimum Gasteiger partial charge on any atom is -0.497 e. The highest BCUT2D eigenvalue weighted by Crippen LogP contribution is 2.33. The van der Waals surface area contributed by atoms with Crippen molar-refractivity contribution >= 4 is 0 Å². The molecule has 5 heteroatoms. The second-order valence-electron chi connectivity index (χ2n) is 7.00. The Labute approximate surface area is 160 Å². The Morgan fingerprint density at radius 2 is 2.00 bits per heavy atom. The molecule has 1 aliphatic rings. The van der Waals surface area contributed by atoms with Crippen LogP contribution in [0.15, 0.2) is 59.3 Å². The van der Waals surface area contributed by atoms with Gasteiger partial charge < -0.3 is 9.26 Å². The first-order valence-corrected chi connectivity index (χ1v) is 9.58. The molecule has 0 spiro atoms. The first kappa shape index (κ1) is 17.7. The van der Waals surface area contributed by atoms with Gasteiger partial charge in [0, 0.05) is 24.4 Å². The number of nitrogens with zero attached hydrogens (tertiary/aromatic N) is 3. The Morgan fingerprint density at radius 1 is 1.11 bits per heavy atom. The van der Waals surface area contributed by atoms with E-state index in [0.29, 0.717) is 0 Å². The minimum absolute atomic E-state index is 0.244. The second-order valence-corrected chi connectivity index (χ2v) is 7.00. The molecule has 4 rings (SSSR count). The number of likely N-dealkylation sites (tertiary alicyclic amines) is 1. The quantitative estimate of drug-likeness (QED) is 0.648. The molecule has 1 fully saturated rings. The Morgan fingerprint density at radius 3 is 2.78 bits per heavy atom. The largest absolute Gasteiger partial charge is 0.497 e. The smallest absolute Gasteiger partial charge is 0.154 e. The van der Waals surface area contributed by atoms with Gasteiger partial charge >= 0.3 is 0 Å². The number of hydrogen-bond donors (Lipinski definition) is 0. The van der Waals surface area contributed by atoms with Crippen LogP contribution in [0.5, 0.6) is 5.75 Å². The molecule has 1 saturated heterocycles. The normalized spacial score (nSPS) is 18.2. The van der Waals surface area contributed by atoms with Gasteiger partial charge in [-0.1, -0.05) is 24.1 Å². The van der Waals surface area contributed by atoms with Crippen molar-refractivity contribution in [2.75, 3.05) is 13.7 Å². The monoisotopic (exact) mass is 363 g/mol. The number of pyridine rings is 1. The van der Waals surface area contributed by atoms with Crippen molar-refractivity contribution < 1.29 is 9.26 Å². The first-order valence-electron chi connectivity index (χ1n) is 9.58. The van der Waals surface area contributed by atoms with E-state index in [0.717, 1.165) is 48.0 Å². The lowest BCUT2D eigenvalue weighted by atomic mass is 10.1. The minimum atomic E-state index is 0.244. The predicted octanol–water partition coefficient (Wildman–Crippen LogP) is 4.86. The number of hydrogen-bond acceptors (Lipinski definition) is 5. The molecule has 0 N–H and O–H groups in total. The van der Waals surface area contributed by atoms with E-state index in [-0.39, 0.29) is 6.04 Å². The van der Waals surface area contributed by atoms with Crippen molar-refractivity contribution in [2.45, 2.75) is 38.3 Å². The molecule has 5 nitrogen and oxygen atoms in total. The summed E-state index contributed by atoms with van der Waals surface area (Å²) >= 11 is 0. The zero-order valence-corrected chi connectivity index (χ0v) is 15.7. The Bertz CT molecular complexity index is 846. The molecule has 0 saturated carbocycles. The Kier molecular flexibility index (Phi) is 5.49. The highest BCUT2D eigenvalue weighted by Gasteiger charge is 2.26. The van der Waals surface area contributed by atoms with E-state index in [1.54, 1.807) is 7.11 Å². The van der Waals surface area contributed by atoms with Crippen molar-refractivity contribution in [2.24, 2.45) is 0 Å². The van der Waals surface area contributed by atoms with Crippen LogP contribution in [0.1, 0.15) is 43.2 Å². The van der Waals surface area contributed by atoms with Gasteiger partial charge in [-0.15, -0.1) is 0 Å². The SMILES string of the molecule is COc1ccc(-c2cc([C@H]3CCCCCN3Cc3ccccn3)on2)cc1. The topological polar surface area (TPSA) is 51.4 Å². The summed E-state index contributed by atoms with van der Waals surface area (Å²) in [5, 5.41) is 4.33. The fourth-order valence-corrected chi connectivity index (χ4v) is 3.72.